The molecular formula is C10H16N2O. The van der Waals surface area contributed by atoms with Crippen LogP contribution in [0.15, 0.2) is 10.7 Å². The summed E-state index contributed by atoms with van der Waals surface area (Å²) in [7, 11) is 0. The average molecular weight is 180 g/mol. The zero-order chi connectivity index (χ0) is 9.26. The molecule has 0 aromatic carbocycles. The van der Waals surface area contributed by atoms with Crippen LogP contribution in [0.5, 0.6) is 0 Å². The average Bonchev–Trinajstić information content (AvgIpc) is 2.31. The molecule has 0 aliphatic heterocycles. The minimum Gasteiger partial charge on any atom is -0.432 e. The minimum atomic E-state index is 0.492. The predicted molar refractivity (Wildman–Crippen MR) is 51.7 cm³/mol. The number of hydrogen-bond donors (Lipinski definition) is 1. The van der Waals surface area contributed by atoms with E-state index in [0.29, 0.717) is 12.1 Å². The van der Waals surface area contributed by atoms with Crippen molar-refractivity contribution in [3.63, 3.8) is 0 Å². The third kappa shape index (κ3) is 1.85. The van der Waals surface area contributed by atoms with E-state index in [0.717, 1.165) is 11.6 Å². The Kier molecular flexibility index (Phi) is 2.25. The maximum atomic E-state index is 5.23. The highest BCUT2D eigenvalue weighted by Crippen LogP contribution is 2.30. The lowest BCUT2D eigenvalue weighted by atomic mass is 9.80. The van der Waals surface area contributed by atoms with Gasteiger partial charge in [0.05, 0.1) is 5.69 Å². The Bertz CT molecular complexity index is 278. The van der Waals surface area contributed by atoms with Crippen LogP contribution in [0.25, 0.3) is 0 Å². The van der Waals surface area contributed by atoms with E-state index >= 15 is 0 Å². The van der Waals surface area contributed by atoms with Gasteiger partial charge < -0.3 is 9.73 Å². The van der Waals surface area contributed by atoms with Gasteiger partial charge in [-0.05, 0) is 32.6 Å². The maximum Gasteiger partial charge on any atom is 0.294 e. The van der Waals surface area contributed by atoms with Gasteiger partial charge in [0, 0.05) is 6.04 Å². The van der Waals surface area contributed by atoms with Gasteiger partial charge in [0.25, 0.3) is 6.01 Å². The minimum absolute atomic E-state index is 0.492. The molecule has 1 aromatic rings. The molecule has 1 saturated carbocycles. The monoisotopic (exact) mass is 180 g/mol. The maximum absolute atomic E-state index is 5.23. The summed E-state index contributed by atoms with van der Waals surface area (Å²) < 4.78 is 5.23. The lowest BCUT2D eigenvalue weighted by Crippen LogP contribution is -2.30. The molecule has 3 heteroatoms. The first-order valence-corrected chi connectivity index (χ1v) is 4.94. The number of nitrogens with zero attached hydrogens (tertiary/aromatic N) is 1. The van der Waals surface area contributed by atoms with Crippen LogP contribution in [-0.4, -0.2) is 11.0 Å². The molecule has 1 unspecified atom stereocenters. The SMILES string of the molecule is Cc1coc(NC(C)C2CCC2)n1. The molecule has 1 aromatic heterocycles. The summed E-state index contributed by atoms with van der Waals surface area (Å²) in [6.45, 7) is 4.13. The van der Waals surface area contributed by atoms with Crippen LogP contribution in [0.2, 0.25) is 0 Å². The zero-order valence-electron chi connectivity index (χ0n) is 8.21. The Morgan fingerprint density at radius 2 is 2.38 bits per heavy atom. The lowest BCUT2D eigenvalue weighted by molar-refractivity contribution is 0.282. The van der Waals surface area contributed by atoms with E-state index in [1.54, 1.807) is 6.26 Å². The fraction of sp³-hybridized carbons (Fsp3) is 0.700. The first-order chi connectivity index (χ1) is 6.25. The van der Waals surface area contributed by atoms with Gasteiger partial charge in [-0.1, -0.05) is 6.42 Å². The van der Waals surface area contributed by atoms with Crippen LogP contribution < -0.4 is 5.32 Å². The highest BCUT2D eigenvalue weighted by atomic mass is 16.4. The summed E-state index contributed by atoms with van der Waals surface area (Å²) in [6, 6.07) is 1.16. The van der Waals surface area contributed by atoms with Crippen molar-refractivity contribution < 1.29 is 4.42 Å². The van der Waals surface area contributed by atoms with E-state index in [1.165, 1.54) is 19.3 Å². The number of oxazole rings is 1. The van der Waals surface area contributed by atoms with Crippen molar-refractivity contribution >= 4 is 6.01 Å². The molecule has 0 amide bonds. The number of aromatic nitrogens is 1. The van der Waals surface area contributed by atoms with Gasteiger partial charge in [0.2, 0.25) is 0 Å². The zero-order valence-corrected chi connectivity index (χ0v) is 8.21. The first-order valence-electron chi connectivity index (χ1n) is 4.94. The van der Waals surface area contributed by atoms with Crippen molar-refractivity contribution in [2.24, 2.45) is 5.92 Å². The molecule has 1 fully saturated rings. The third-order valence-corrected chi connectivity index (χ3v) is 2.83. The Balaban J connectivity index is 1.89. The number of hydrogen-bond acceptors (Lipinski definition) is 3. The molecule has 3 nitrogen and oxygen atoms in total. The molecule has 1 atom stereocenters. The molecule has 0 spiro atoms. The number of nitrogens with one attached hydrogen (secondary N) is 1. The fourth-order valence-corrected chi connectivity index (χ4v) is 1.67. The molecule has 0 bridgehead atoms. The van der Waals surface area contributed by atoms with E-state index in [9.17, 15) is 0 Å². The van der Waals surface area contributed by atoms with E-state index < -0.39 is 0 Å². The quantitative estimate of drug-likeness (QED) is 0.777. The van der Waals surface area contributed by atoms with Crippen molar-refractivity contribution in [3.05, 3.63) is 12.0 Å². The van der Waals surface area contributed by atoms with Gasteiger partial charge in [-0.15, -0.1) is 0 Å². The van der Waals surface area contributed by atoms with E-state index in [4.69, 9.17) is 4.42 Å². The molecule has 0 saturated heterocycles. The summed E-state index contributed by atoms with van der Waals surface area (Å²) >= 11 is 0. The number of rotatable bonds is 3. The summed E-state index contributed by atoms with van der Waals surface area (Å²) in [4.78, 5) is 4.21. The second-order valence-corrected chi connectivity index (χ2v) is 3.92. The Labute approximate surface area is 78.5 Å². The lowest BCUT2D eigenvalue weighted by Gasteiger charge is -2.31. The predicted octanol–water partition coefficient (Wildman–Crippen LogP) is 2.58. The van der Waals surface area contributed by atoms with E-state index in [-0.39, 0.29) is 0 Å². The molecule has 0 radical (unpaired) electrons. The fourth-order valence-electron chi connectivity index (χ4n) is 1.67. The summed E-state index contributed by atoms with van der Waals surface area (Å²) in [5, 5.41) is 3.29. The Morgan fingerprint density at radius 3 is 2.85 bits per heavy atom. The second kappa shape index (κ2) is 3.40. The standard InChI is InChI=1S/C10H16N2O/c1-7-6-13-10(11-7)12-8(2)9-4-3-5-9/h6,8-9H,3-5H2,1-2H3,(H,11,12). The Hall–Kier alpha value is -0.990. The van der Waals surface area contributed by atoms with Crippen molar-refractivity contribution in [2.45, 2.75) is 39.2 Å². The van der Waals surface area contributed by atoms with Gasteiger partial charge in [0.1, 0.15) is 6.26 Å². The van der Waals surface area contributed by atoms with Gasteiger partial charge >= 0.3 is 0 Å². The largest absolute Gasteiger partial charge is 0.432 e. The van der Waals surface area contributed by atoms with Crippen molar-refractivity contribution in [1.82, 2.24) is 4.98 Å². The second-order valence-electron chi connectivity index (χ2n) is 3.92. The highest BCUT2D eigenvalue weighted by molar-refractivity contribution is 5.22. The van der Waals surface area contributed by atoms with Gasteiger partial charge in [-0.25, -0.2) is 0 Å². The number of aryl methyl sites for hydroxylation is 1. The van der Waals surface area contributed by atoms with Crippen molar-refractivity contribution in [2.75, 3.05) is 5.32 Å². The normalized spacial score (nSPS) is 19.5. The van der Waals surface area contributed by atoms with E-state index in [1.807, 2.05) is 6.92 Å². The van der Waals surface area contributed by atoms with Crippen LogP contribution in [0.4, 0.5) is 6.01 Å². The number of anilines is 1. The van der Waals surface area contributed by atoms with Gasteiger partial charge in [-0.2, -0.15) is 4.98 Å². The van der Waals surface area contributed by atoms with Crippen LogP contribution in [0, 0.1) is 12.8 Å². The smallest absolute Gasteiger partial charge is 0.294 e. The first kappa shape index (κ1) is 8.60. The molecule has 72 valence electrons. The molecule has 1 N–H and O–H groups in total. The van der Waals surface area contributed by atoms with Crippen LogP contribution >= 0.6 is 0 Å². The summed E-state index contributed by atoms with van der Waals surface area (Å²) in [6.07, 6.45) is 5.73. The van der Waals surface area contributed by atoms with Gasteiger partial charge in [-0.3, -0.25) is 0 Å². The van der Waals surface area contributed by atoms with Crippen LogP contribution in [0.3, 0.4) is 0 Å². The summed E-state index contributed by atoms with van der Waals surface area (Å²) in [5.41, 5.74) is 0.934. The molecule has 1 heterocycles. The molecule has 1 aliphatic carbocycles. The van der Waals surface area contributed by atoms with Crippen molar-refractivity contribution in [1.29, 1.82) is 0 Å². The molecular weight excluding hydrogens is 164 g/mol. The van der Waals surface area contributed by atoms with Crippen molar-refractivity contribution in [3.8, 4) is 0 Å². The van der Waals surface area contributed by atoms with E-state index in [2.05, 4.69) is 17.2 Å². The van der Waals surface area contributed by atoms with Crippen LogP contribution in [0.1, 0.15) is 31.9 Å². The molecule has 1 aliphatic rings. The molecule has 2 rings (SSSR count). The third-order valence-electron chi connectivity index (χ3n) is 2.83. The Morgan fingerprint density at radius 1 is 1.62 bits per heavy atom. The van der Waals surface area contributed by atoms with Gasteiger partial charge in [0.15, 0.2) is 0 Å². The highest BCUT2D eigenvalue weighted by Gasteiger charge is 2.24. The van der Waals surface area contributed by atoms with Crippen LogP contribution in [-0.2, 0) is 0 Å². The summed E-state index contributed by atoms with van der Waals surface area (Å²) in [5.74, 6) is 0.812. The molecule has 13 heavy (non-hydrogen) atoms. The topological polar surface area (TPSA) is 38.1 Å².